The van der Waals surface area contributed by atoms with Crippen LogP contribution in [0.1, 0.15) is 11.1 Å². The molecule has 1 amide bonds. The Morgan fingerprint density at radius 1 is 0.909 bits per heavy atom. The van der Waals surface area contributed by atoms with Gasteiger partial charge in [-0.1, -0.05) is 30.3 Å². The van der Waals surface area contributed by atoms with Gasteiger partial charge in [0.25, 0.3) is 10.0 Å². The molecule has 33 heavy (non-hydrogen) atoms. The van der Waals surface area contributed by atoms with Crippen LogP contribution in [0.25, 0.3) is 0 Å². The molecule has 0 saturated heterocycles. The number of benzene rings is 3. The first-order valence-corrected chi connectivity index (χ1v) is 11.9. The number of hydrogen-bond acceptors (Lipinski definition) is 5. The average Bonchev–Trinajstić information content (AvgIpc) is 2.80. The Morgan fingerprint density at radius 2 is 1.61 bits per heavy atom. The first-order valence-electron chi connectivity index (χ1n) is 10.5. The van der Waals surface area contributed by atoms with E-state index in [0.717, 1.165) is 21.2 Å². The first kappa shape index (κ1) is 24.1. The van der Waals surface area contributed by atoms with Gasteiger partial charge in [-0.25, -0.2) is 8.42 Å². The number of anilines is 1. The summed E-state index contributed by atoms with van der Waals surface area (Å²) in [6.45, 7) is 4.10. The van der Waals surface area contributed by atoms with Crippen LogP contribution in [0.2, 0.25) is 0 Å². The third-order valence-corrected chi connectivity index (χ3v) is 6.64. The monoisotopic (exact) mass is 468 g/mol. The molecule has 174 valence electrons. The molecule has 3 aromatic rings. The maximum Gasteiger partial charge on any atom is 0.264 e. The van der Waals surface area contributed by atoms with Gasteiger partial charge in [-0.05, 0) is 61.4 Å². The van der Waals surface area contributed by atoms with Crippen LogP contribution in [-0.2, 0) is 14.8 Å². The lowest BCUT2D eigenvalue weighted by atomic mass is 10.1. The second kappa shape index (κ2) is 10.9. The Balaban J connectivity index is 1.71. The molecule has 8 heteroatoms. The van der Waals surface area contributed by atoms with Gasteiger partial charge in [0.15, 0.2) is 0 Å². The molecule has 0 heterocycles. The number of methoxy groups -OCH3 is 1. The van der Waals surface area contributed by atoms with Gasteiger partial charge in [0.2, 0.25) is 5.91 Å². The van der Waals surface area contributed by atoms with Crippen LogP contribution in [0.5, 0.6) is 11.5 Å². The highest BCUT2D eigenvalue weighted by atomic mass is 32.2. The van der Waals surface area contributed by atoms with Crippen molar-refractivity contribution in [3.8, 4) is 11.5 Å². The number of rotatable bonds is 10. The topological polar surface area (TPSA) is 84.9 Å². The molecular weight excluding hydrogens is 440 g/mol. The molecular formula is C25H28N2O5S. The number of amides is 1. The van der Waals surface area contributed by atoms with Crippen LogP contribution in [0.4, 0.5) is 5.69 Å². The molecule has 0 unspecified atom stereocenters. The fourth-order valence-electron chi connectivity index (χ4n) is 3.36. The summed E-state index contributed by atoms with van der Waals surface area (Å²) in [4.78, 5) is 12.8. The molecule has 7 nitrogen and oxygen atoms in total. The number of aryl methyl sites for hydroxylation is 2. The Labute approximate surface area is 195 Å². The van der Waals surface area contributed by atoms with Gasteiger partial charge in [-0.15, -0.1) is 0 Å². The van der Waals surface area contributed by atoms with Crippen molar-refractivity contribution in [1.29, 1.82) is 0 Å². The SMILES string of the molecule is COc1cccc(N(CC(=O)NCCOc2cc(C)cc(C)c2)S(=O)(=O)c2ccccc2)c1. The van der Waals surface area contributed by atoms with Crippen molar-refractivity contribution in [3.05, 3.63) is 83.9 Å². The van der Waals surface area contributed by atoms with E-state index in [4.69, 9.17) is 9.47 Å². The Bertz CT molecular complexity index is 1180. The van der Waals surface area contributed by atoms with E-state index in [9.17, 15) is 13.2 Å². The van der Waals surface area contributed by atoms with Crippen LogP contribution in [0.15, 0.2) is 77.7 Å². The molecule has 0 spiro atoms. The highest BCUT2D eigenvalue weighted by Crippen LogP contribution is 2.26. The summed E-state index contributed by atoms with van der Waals surface area (Å²) in [5.74, 6) is 0.774. The fourth-order valence-corrected chi connectivity index (χ4v) is 4.80. The zero-order valence-electron chi connectivity index (χ0n) is 18.9. The zero-order chi connectivity index (χ0) is 23.8. The second-order valence-corrected chi connectivity index (χ2v) is 9.41. The highest BCUT2D eigenvalue weighted by molar-refractivity contribution is 7.92. The number of nitrogens with zero attached hydrogens (tertiary/aromatic N) is 1. The molecule has 0 aliphatic rings. The van der Waals surface area contributed by atoms with E-state index in [1.165, 1.54) is 19.2 Å². The predicted molar refractivity (Wildman–Crippen MR) is 128 cm³/mol. The van der Waals surface area contributed by atoms with Gasteiger partial charge in [0.05, 0.1) is 24.2 Å². The molecule has 0 aromatic heterocycles. The number of nitrogens with one attached hydrogen (secondary N) is 1. The molecule has 0 aliphatic heterocycles. The minimum Gasteiger partial charge on any atom is -0.497 e. The summed E-state index contributed by atoms with van der Waals surface area (Å²) in [6, 6.07) is 20.5. The van der Waals surface area contributed by atoms with E-state index < -0.39 is 15.9 Å². The largest absolute Gasteiger partial charge is 0.497 e. The quantitative estimate of drug-likeness (QED) is 0.459. The molecule has 0 saturated carbocycles. The molecule has 0 atom stereocenters. The van der Waals surface area contributed by atoms with Crippen LogP contribution in [0, 0.1) is 13.8 Å². The summed E-state index contributed by atoms with van der Waals surface area (Å²) in [7, 11) is -2.47. The Morgan fingerprint density at radius 3 is 2.27 bits per heavy atom. The molecule has 1 N–H and O–H groups in total. The van der Waals surface area contributed by atoms with Crippen LogP contribution in [-0.4, -0.2) is 41.1 Å². The minimum absolute atomic E-state index is 0.0961. The summed E-state index contributed by atoms with van der Waals surface area (Å²) >= 11 is 0. The predicted octanol–water partition coefficient (Wildman–Crippen LogP) is 3.70. The van der Waals surface area contributed by atoms with E-state index >= 15 is 0 Å². The lowest BCUT2D eigenvalue weighted by Gasteiger charge is -2.24. The molecule has 0 radical (unpaired) electrons. The van der Waals surface area contributed by atoms with Crippen molar-refractivity contribution in [2.45, 2.75) is 18.7 Å². The summed E-state index contributed by atoms with van der Waals surface area (Å²) < 4.78 is 38.7. The Kier molecular flexibility index (Phi) is 7.95. The van der Waals surface area contributed by atoms with E-state index in [1.54, 1.807) is 42.5 Å². The summed E-state index contributed by atoms with van der Waals surface area (Å²) in [6.07, 6.45) is 0. The third-order valence-electron chi connectivity index (χ3n) is 4.85. The number of carbonyl (C=O) groups is 1. The highest BCUT2D eigenvalue weighted by Gasteiger charge is 2.27. The first-order chi connectivity index (χ1) is 15.8. The number of hydrogen-bond donors (Lipinski definition) is 1. The van der Waals surface area contributed by atoms with E-state index in [2.05, 4.69) is 11.4 Å². The van der Waals surface area contributed by atoms with Crippen LogP contribution in [0.3, 0.4) is 0 Å². The van der Waals surface area contributed by atoms with Gasteiger partial charge in [-0.2, -0.15) is 0 Å². The van der Waals surface area contributed by atoms with Crippen molar-refractivity contribution in [1.82, 2.24) is 5.32 Å². The van der Waals surface area contributed by atoms with Crippen molar-refractivity contribution in [2.24, 2.45) is 0 Å². The van der Waals surface area contributed by atoms with E-state index in [-0.39, 0.29) is 24.6 Å². The van der Waals surface area contributed by atoms with Crippen molar-refractivity contribution in [3.63, 3.8) is 0 Å². The van der Waals surface area contributed by atoms with Crippen LogP contribution >= 0.6 is 0 Å². The summed E-state index contributed by atoms with van der Waals surface area (Å²) in [5, 5.41) is 2.73. The normalized spacial score (nSPS) is 11.0. The standard InChI is InChI=1S/C25H28N2O5S/c1-19-14-20(2)16-23(15-19)32-13-12-26-25(28)18-27(21-8-7-9-22(17-21)31-3)33(29,30)24-10-5-4-6-11-24/h4-11,14-17H,12-13,18H2,1-3H3,(H,26,28). The van der Waals surface area contributed by atoms with Crippen molar-refractivity contribution >= 4 is 21.6 Å². The lowest BCUT2D eigenvalue weighted by Crippen LogP contribution is -2.41. The van der Waals surface area contributed by atoms with Crippen molar-refractivity contribution < 1.29 is 22.7 Å². The smallest absolute Gasteiger partial charge is 0.264 e. The van der Waals surface area contributed by atoms with E-state index in [0.29, 0.717) is 11.4 Å². The minimum atomic E-state index is -3.97. The van der Waals surface area contributed by atoms with E-state index in [1.807, 2.05) is 26.0 Å². The van der Waals surface area contributed by atoms with Gasteiger partial charge in [0.1, 0.15) is 24.7 Å². The number of ether oxygens (including phenoxy) is 2. The molecule has 0 aliphatic carbocycles. The van der Waals surface area contributed by atoms with Gasteiger partial charge in [0, 0.05) is 6.07 Å². The third kappa shape index (κ3) is 6.49. The molecule has 0 fully saturated rings. The average molecular weight is 469 g/mol. The van der Waals surface area contributed by atoms with Crippen molar-refractivity contribution in [2.75, 3.05) is 31.1 Å². The molecule has 3 rings (SSSR count). The zero-order valence-corrected chi connectivity index (χ0v) is 19.8. The van der Waals surface area contributed by atoms with Gasteiger partial charge >= 0.3 is 0 Å². The lowest BCUT2D eigenvalue weighted by molar-refractivity contribution is -0.119. The fraction of sp³-hybridized carbons (Fsp3) is 0.240. The van der Waals surface area contributed by atoms with Crippen LogP contribution < -0.4 is 19.1 Å². The van der Waals surface area contributed by atoms with Gasteiger partial charge in [-0.3, -0.25) is 9.10 Å². The maximum absolute atomic E-state index is 13.3. The second-order valence-electron chi connectivity index (χ2n) is 7.55. The van der Waals surface area contributed by atoms with Gasteiger partial charge < -0.3 is 14.8 Å². The molecule has 0 bridgehead atoms. The number of sulfonamides is 1. The Hall–Kier alpha value is -3.52. The molecule has 3 aromatic carbocycles. The summed E-state index contributed by atoms with van der Waals surface area (Å²) in [5.41, 5.74) is 2.52. The number of carbonyl (C=O) groups excluding carboxylic acids is 1. The maximum atomic E-state index is 13.3.